The van der Waals surface area contributed by atoms with Crippen molar-refractivity contribution in [3.05, 3.63) is 146 Å². The molecule has 0 fully saturated rings. The number of primary amides is 1. The van der Waals surface area contributed by atoms with Gasteiger partial charge in [-0.05, 0) is 79.6 Å². The van der Waals surface area contributed by atoms with Crippen LogP contribution in [-0.2, 0) is 27.4 Å². The van der Waals surface area contributed by atoms with Crippen LogP contribution in [0.2, 0.25) is 5.02 Å². The Morgan fingerprint density at radius 2 is 1.50 bits per heavy atom. The van der Waals surface area contributed by atoms with Gasteiger partial charge in [0.05, 0.1) is 11.4 Å². The minimum Gasteiger partial charge on any atom is -0.458 e. The average Bonchev–Trinajstić information content (AvgIpc) is 3.28. The van der Waals surface area contributed by atoms with E-state index in [1.54, 1.807) is 59.5 Å². The summed E-state index contributed by atoms with van der Waals surface area (Å²) < 4.78 is 12.1. The topological polar surface area (TPSA) is 230 Å². The van der Waals surface area contributed by atoms with Gasteiger partial charge in [0.25, 0.3) is 11.8 Å². The summed E-state index contributed by atoms with van der Waals surface area (Å²) in [5.41, 5.74) is 13.1. The van der Waals surface area contributed by atoms with Gasteiger partial charge in [-0.2, -0.15) is 0 Å². The van der Waals surface area contributed by atoms with Crippen molar-refractivity contribution in [1.82, 2.24) is 20.9 Å². The Morgan fingerprint density at radius 1 is 0.818 bits per heavy atom. The Hall–Kier alpha value is -6.71. The summed E-state index contributed by atoms with van der Waals surface area (Å²) >= 11 is 6.38. The number of rotatable bonds is 21. The van der Waals surface area contributed by atoms with Crippen LogP contribution in [0.4, 0.5) is 15.3 Å². The first kappa shape index (κ1) is 50.3. The number of carbonyl (C=O) groups excluding carboxylic acids is 5. The highest BCUT2D eigenvalue weighted by atomic mass is 35.5. The van der Waals surface area contributed by atoms with E-state index in [1.807, 2.05) is 77.1 Å². The molecule has 5 rings (SSSR count). The zero-order valence-electron chi connectivity index (χ0n) is 38.2. The summed E-state index contributed by atoms with van der Waals surface area (Å²) in [6, 6.07) is 25.7. The first-order valence-corrected chi connectivity index (χ1v) is 22.5. The van der Waals surface area contributed by atoms with E-state index in [1.165, 1.54) is 0 Å². The third-order valence-corrected chi connectivity index (χ3v) is 11.4. The summed E-state index contributed by atoms with van der Waals surface area (Å²) in [6.45, 7) is 10.2. The van der Waals surface area contributed by atoms with Gasteiger partial charge < -0.3 is 46.8 Å². The standard InChI is InChI=1S/C50H60ClN7O8/c1-30(2)42(52)47(61)57-40(13-9-24-54-49(53)63)46(60)56-37-21-16-34(17-22-37)29-65-50(64)55-25-10-26-58(48(62)35-18-14-32(5)15-19-35)43(31(3)4)45-39(27-33-11-7-6-8-12-33)44(59)38-23-20-36(51)28-41(38)66-45/h6-8,11-12,14-23,28,30-31,40,42-43H,9-10,13,24-27,29,52H2,1-5H3,(H,55,64)(H,56,60)(H,57,61)(H3,53,54,63)/p+1/t40-,42-,43+/m0/s1. The number of amides is 6. The molecule has 350 valence electrons. The third-order valence-electron chi connectivity index (χ3n) is 11.2. The second-order valence-corrected chi connectivity index (χ2v) is 17.5. The van der Waals surface area contributed by atoms with Crippen LogP contribution in [0.1, 0.15) is 91.4 Å². The zero-order valence-corrected chi connectivity index (χ0v) is 38.9. The summed E-state index contributed by atoms with van der Waals surface area (Å²) in [7, 11) is 0. The molecule has 0 bridgehead atoms. The molecule has 16 heteroatoms. The van der Waals surface area contributed by atoms with Crippen molar-refractivity contribution in [3.63, 3.8) is 0 Å². The van der Waals surface area contributed by atoms with Crippen LogP contribution in [0.15, 0.2) is 106 Å². The Balaban J connectivity index is 1.25. The van der Waals surface area contributed by atoms with Crippen molar-refractivity contribution in [2.75, 3.05) is 25.0 Å². The second-order valence-electron chi connectivity index (χ2n) is 17.0. The molecule has 0 saturated carbocycles. The smallest absolute Gasteiger partial charge is 0.407 e. The van der Waals surface area contributed by atoms with E-state index in [-0.39, 0.29) is 68.2 Å². The molecule has 3 atom stereocenters. The predicted molar refractivity (Wildman–Crippen MR) is 255 cm³/mol. The first-order chi connectivity index (χ1) is 31.5. The maximum Gasteiger partial charge on any atom is 0.407 e. The second kappa shape index (κ2) is 24.0. The number of benzene rings is 4. The minimum absolute atomic E-state index is 0.0381. The van der Waals surface area contributed by atoms with Crippen molar-refractivity contribution in [3.8, 4) is 0 Å². The summed E-state index contributed by atoms with van der Waals surface area (Å²) in [5.74, 6) is -0.930. The normalized spacial score (nSPS) is 12.6. The summed E-state index contributed by atoms with van der Waals surface area (Å²) in [4.78, 5) is 80.6. The number of halogens is 1. The van der Waals surface area contributed by atoms with Crippen molar-refractivity contribution in [1.29, 1.82) is 0 Å². The fourth-order valence-corrected chi connectivity index (χ4v) is 7.55. The van der Waals surface area contributed by atoms with Crippen LogP contribution in [0, 0.1) is 18.8 Å². The molecule has 1 aromatic heterocycles. The Morgan fingerprint density at radius 3 is 2.15 bits per heavy atom. The molecule has 0 aliphatic carbocycles. The van der Waals surface area contributed by atoms with Crippen LogP contribution in [0.5, 0.6) is 0 Å². The third kappa shape index (κ3) is 14.1. The fourth-order valence-electron chi connectivity index (χ4n) is 7.38. The molecule has 15 nitrogen and oxygen atoms in total. The van der Waals surface area contributed by atoms with Gasteiger partial charge in [-0.3, -0.25) is 19.2 Å². The number of alkyl carbamates (subject to hydrolysis) is 1. The molecule has 9 N–H and O–H groups in total. The number of nitrogens with one attached hydrogen (secondary N) is 4. The molecule has 1 heterocycles. The van der Waals surface area contributed by atoms with Gasteiger partial charge in [0.1, 0.15) is 24.0 Å². The van der Waals surface area contributed by atoms with E-state index in [9.17, 15) is 28.8 Å². The molecule has 66 heavy (non-hydrogen) atoms. The monoisotopic (exact) mass is 922 g/mol. The van der Waals surface area contributed by atoms with Gasteiger partial charge >= 0.3 is 12.1 Å². The number of quaternary nitrogens is 1. The van der Waals surface area contributed by atoms with E-state index < -0.39 is 36.2 Å². The van der Waals surface area contributed by atoms with Gasteiger partial charge in [-0.15, -0.1) is 0 Å². The van der Waals surface area contributed by atoms with E-state index >= 15 is 0 Å². The number of fused-ring (bicyclic) bond motifs is 1. The number of nitrogens with zero attached hydrogens (tertiary/aromatic N) is 1. The quantitative estimate of drug-likeness (QED) is 0.0436. The molecule has 0 radical (unpaired) electrons. The highest BCUT2D eigenvalue weighted by Crippen LogP contribution is 2.35. The van der Waals surface area contributed by atoms with Gasteiger partial charge in [0.2, 0.25) is 5.91 Å². The number of carbonyl (C=O) groups is 5. The fraction of sp³-hybridized carbons (Fsp3) is 0.360. The van der Waals surface area contributed by atoms with Gasteiger partial charge in [0, 0.05) is 59.9 Å². The molecular formula is C50H61ClN7O8+. The first-order valence-electron chi connectivity index (χ1n) is 22.2. The molecule has 0 saturated heterocycles. The zero-order chi connectivity index (χ0) is 47.9. The highest BCUT2D eigenvalue weighted by Gasteiger charge is 2.34. The van der Waals surface area contributed by atoms with Gasteiger partial charge in [-0.1, -0.05) is 99.5 Å². The molecule has 0 unspecified atom stereocenters. The van der Waals surface area contributed by atoms with E-state index in [4.69, 9.17) is 26.5 Å². The molecule has 5 aromatic rings. The Labute approximate surface area is 390 Å². The molecular weight excluding hydrogens is 862 g/mol. The number of ether oxygens (including phenoxy) is 1. The Kier molecular flexibility index (Phi) is 18.3. The van der Waals surface area contributed by atoms with Crippen LogP contribution >= 0.6 is 11.6 Å². The maximum absolute atomic E-state index is 14.5. The Bertz CT molecular complexity index is 2510. The van der Waals surface area contributed by atoms with Crippen molar-refractivity contribution >= 4 is 58.1 Å². The molecule has 0 aliphatic heterocycles. The lowest BCUT2D eigenvalue weighted by Crippen LogP contribution is -2.70. The van der Waals surface area contributed by atoms with E-state index in [0.29, 0.717) is 57.0 Å². The van der Waals surface area contributed by atoms with Gasteiger partial charge in [0.15, 0.2) is 11.5 Å². The lowest BCUT2D eigenvalue weighted by Gasteiger charge is -2.35. The van der Waals surface area contributed by atoms with Crippen molar-refractivity contribution in [2.24, 2.45) is 17.6 Å². The maximum atomic E-state index is 14.5. The number of hydrogen-bond acceptors (Lipinski definition) is 8. The van der Waals surface area contributed by atoms with Crippen LogP contribution in [0.3, 0.4) is 0 Å². The van der Waals surface area contributed by atoms with Crippen LogP contribution in [0.25, 0.3) is 11.0 Å². The largest absolute Gasteiger partial charge is 0.458 e. The predicted octanol–water partition coefficient (Wildman–Crippen LogP) is 6.64. The average molecular weight is 924 g/mol. The summed E-state index contributed by atoms with van der Waals surface area (Å²) in [6.07, 6.45) is 0.602. The number of anilines is 1. The van der Waals surface area contributed by atoms with Gasteiger partial charge in [-0.25, -0.2) is 9.59 Å². The van der Waals surface area contributed by atoms with E-state index in [0.717, 1.165) is 11.1 Å². The SMILES string of the molecule is Cc1ccc(C(=O)N(CCCNC(=O)OCc2ccc(NC(=O)[C@H](CCCNC(N)=O)NC(=O)[C@@H]([NH3+])C(C)C)cc2)[C@@H](c2oc3cc(Cl)ccc3c(=O)c2Cc2ccccc2)C(C)C)cc1. The molecule has 6 amide bonds. The van der Waals surface area contributed by atoms with Crippen LogP contribution < -0.4 is 38.2 Å². The number of nitrogens with two attached hydrogens (primary N) is 1. The lowest BCUT2D eigenvalue weighted by molar-refractivity contribution is -0.414. The van der Waals surface area contributed by atoms with E-state index in [2.05, 4.69) is 27.0 Å². The van der Waals surface area contributed by atoms with Crippen LogP contribution in [-0.4, -0.2) is 66.5 Å². The number of aryl methyl sites for hydroxylation is 1. The van der Waals surface area contributed by atoms with Crippen molar-refractivity contribution in [2.45, 2.75) is 85.0 Å². The van der Waals surface area contributed by atoms with Crippen molar-refractivity contribution < 1.29 is 38.9 Å². The minimum atomic E-state index is -0.887. The lowest BCUT2D eigenvalue weighted by atomic mass is 9.91. The molecule has 0 aliphatic rings. The highest BCUT2D eigenvalue weighted by molar-refractivity contribution is 6.31. The summed E-state index contributed by atoms with van der Waals surface area (Å²) in [5, 5.41) is 11.6. The number of urea groups is 1. The molecule has 0 spiro atoms. The molecule has 4 aromatic carbocycles. The number of hydrogen-bond donors (Lipinski definition) is 6.